The van der Waals surface area contributed by atoms with Crippen molar-refractivity contribution in [2.45, 2.75) is 13.5 Å². The lowest BCUT2D eigenvalue weighted by Gasteiger charge is -2.07. The van der Waals surface area contributed by atoms with Crippen LogP contribution in [0.25, 0.3) is 0 Å². The number of hydrazine groups is 1. The molecule has 0 unspecified atom stereocenters. The summed E-state index contributed by atoms with van der Waals surface area (Å²) in [5.41, 5.74) is 2.38. The number of anilines is 2. The number of hydrogen-bond acceptors (Lipinski definition) is 8. The fraction of sp³-hybridized carbons (Fsp3) is 0.300. The standard InChI is InChI=1S/C10H13BrN6OS/c1-2-18-10-15-8(14-9(16-10)17-12)13-4-7-3-6(11)5-19-7/h3,5H,2,4,12H2,1H3,(H2,13,14,15,16,17). The summed E-state index contributed by atoms with van der Waals surface area (Å²) in [6.45, 7) is 2.96. The number of nitrogen functional groups attached to an aromatic ring is 1. The van der Waals surface area contributed by atoms with Crippen molar-refractivity contribution in [3.8, 4) is 6.01 Å². The summed E-state index contributed by atoms with van der Waals surface area (Å²) in [6.07, 6.45) is 0. The summed E-state index contributed by atoms with van der Waals surface area (Å²) in [5.74, 6) is 5.97. The molecule has 102 valence electrons. The third kappa shape index (κ3) is 4.01. The van der Waals surface area contributed by atoms with Crippen molar-refractivity contribution in [2.24, 2.45) is 5.84 Å². The van der Waals surface area contributed by atoms with Gasteiger partial charge in [-0.2, -0.15) is 15.0 Å². The topological polar surface area (TPSA) is 98.0 Å². The van der Waals surface area contributed by atoms with Crippen molar-refractivity contribution in [1.29, 1.82) is 0 Å². The lowest BCUT2D eigenvalue weighted by Crippen LogP contribution is -2.14. The highest BCUT2D eigenvalue weighted by molar-refractivity contribution is 9.10. The van der Waals surface area contributed by atoms with Gasteiger partial charge in [-0.05, 0) is 28.9 Å². The van der Waals surface area contributed by atoms with Gasteiger partial charge >= 0.3 is 6.01 Å². The molecular weight excluding hydrogens is 332 g/mol. The van der Waals surface area contributed by atoms with Crippen molar-refractivity contribution >= 4 is 39.2 Å². The molecule has 7 nitrogen and oxygen atoms in total. The van der Waals surface area contributed by atoms with E-state index in [0.717, 1.165) is 9.35 Å². The lowest BCUT2D eigenvalue weighted by molar-refractivity contribution is 0.312. The summed E-state index contributed by atoms with van der Waals surface area (Å²) in [7, 11) is 0. The van der Waals surface area contributed by atoms with Gasteiger partial charge in [0, 0.05) is 14.7 Å². The Morgan fingerprint density at radius 3 is 2.79 bits per heavy atom. The Kier molecular flexibility index (Phi) is 4.88. The molecule has 9 heteroatoms. The Bertz CT molecular complexity index is 549. The predicted octanol–water partition coefficient (Wildman–Crippen LogP) is 1.99. The van der Waals surface area contributed by atoms with E-state index in [1.165, 1.54) is 0 Å². The Hall–Kier alpha value is -1.45. The van der Waals surface area contributed by atoms with E-state index >= 15 is 0 Å². The van der Waals surface area contributed by atoms with Crippen LogP contribution < -0.4 is 21.3 Å². The van der Waals surface area contributed by atoms with Gasteiger partial charge in [0.05, 0.1) is 13.2 Å². The second kappa shape index (κ2) is 6.64. The van der Waals surface area contributed by atoms with Crippen LogP contribution in [0.4, 0.5) is 11.9 Å². The third-order valence-corrected chi connectivity index (χ3v) is 3.76. The first kappa shape index (κ1) is 14.0. The van der Waals surface area contributed by atoms with Gasteiger partial charge in [-0.1, -0.05) is 0 Å². The number of rotatable bonds is 6. The predicted molar refractivity (Wildman–Crippen MR) is 78.2 cm³/mol. The van der Waals surface area contributed by atoms with Crippen molar-refractivity contribution in [3.05, 3.63) is 20.8 Å². The summed E-state index contributed by atoms with van der Waals surface area (Å²) < 4.78 is 6.30. The molecule has 0 spiro atoms. The molecule has 0 saturated heterocycles. The van der Waals surface area contributed by atoms with Gasteiger partial charge in [-0.15, -0.1) is 11.3 Å². The number of nitrogens with two attached hydrogens (primary N) is 1. The summed E-state index contributed by atoms with van der Waals surface area (Å²) in [5, 5.41) is 5.12. The molecule has 4 N–H and O–H groups in total. The van der Waals surface area contributed by atoms with Crippen LogP contribution in [0, 0.1) is 0 Å². The van der Waals surface area contributed by atoms with Crippen LogP contribution in [0.1, 0.15) is 11.8 Å². The SMILES string of the molecule is CCOc1nc(NN)nc(NCc2cc(Br)cs2)n1. The molecule has 0 radical (unpaired) electrons. The minimum Gasteiger partial charge on any atom is -0.464 e. The lowest BCUT2D eigenvalue weighted by atomic mass is 10.5. The first-order chi connectivity index (χ1) is 9.21. The second-order valence-corrected chi connectivity index (χ2v) is 5.34. The van der Waals surface area contributed by atoms with Crippen molar-refractivity contribution in [3.63, 3.8) is 0 Å². The molecule has 0 fully saturated rings. The quantitative estimate of drug-likeness (QED) is 0.544. The molecule has 0 aliphatic carbocycles. The van der Waals surface area contributed by atoms with E-state index in [9.17, 15) is 0 Å². The minimum atomic E-state index is 0.236. The molecule has 2 heterocycles. The summed E-state index contributed by atoms with van der Waals surface area (Å²) in [4.78, 5) is 13.4. The smallest absolute Gasteiger partial charge is 0.323 e. The average Bonchev–Trinajstić information content (AvgIpc) is 2.82. The van der Waals surface area contributed by atoms with Crippen LogP contribution in [0.2, 0.25) is 0 Å². The maximum atomic E-state index is 5.30. The van der Waals surface area contributed by atoms with E-state index in [0.29, 0.717) is 19.1 Å². The number of halogens is 1. The Labute approximate surface area is 122 Å². The molecule has 2 aromatic heterocycles. The number of thiophene rings is 1. The zero-order valence-electron chi connectivity index (χ0n) is 10.2. The fourth-order valence-electron chi connectivity index (χ4n) is 1.31. The molecule has 2 aromatic rings. The Morgan fingerprint density at radius 2 is 2.16 bits per heavy atom. The molecular formula is C10H13BrN6OS. The second-order valence-electron chi connectivity index (χ2n) is 3.43. The average molecular weight is 345 g/mol. The highest BCUT2D eigenvalue weighted by atomic mass is 79.9. The van der Waals surface area contributed by atoms with E-state index < -0.39 is 0 Å². The van der Waals surface area contributed by atoms with Crippen molar-refractivity contribution in [1.82, 2.24) is 15.0 Å². The first-order valence-corrected chi connectivity index (χ1v) is 7.20. The monoisotopic (exact) mass is 344 g/mol. The van der Waals surface area contributed by atoms with Gasteiger partial charge in [0.1, 0.15) is 0 Å². The van der Waals surface area contributed by atoms with E-state index in [1.54, 1.807) is 11.3 Å². The van der Waals surface area contributed by atoms with Gasteiger partial charge in [0.2, 0.25) is 11.9 Å². The number of hydrogen-bond donors (Lipinski definition) is 3. The van der Waals surface area contributed by atoms with Gasteiger partial charge < -0.3 is 10.1 Å². The molecule has 19 heavy (non-hydrogen) atoms. The largest absolute Gasteiger partial charge is 0.464 e. The molecule has 2 rings (SSSR count). The number of nitrogens with one attached hydrogen (secondary N) is 2. The summed E-state index contributed by atoms with van der Waals surface area (Å²) >= 11 is 5.05. The van der Waals surface area contributed by atoms with E-state index in [4.69, 9.17) is 10.6 Å². The highest BCUT2D eigenvalue weighted by Crippen LogP contribution is 2.20. The maximum absolute atomic E-state index is 5.30. The normalized spacial score (nSPS) is 10.3. The van der Waals surface area contributed by atoms with E-state index in [-0.39, 0.29) is 12.0 Å². The molecule has 0 aliphatic rings. The number of ether oxygens (including phenoxy) is 1. The highest BCUT2D eigenvalue weighted by Gasteiger charge is 2.06. The van der Waals surface area contributed by atoms with E-state index in [1.807, 2.05) is 18.4 Å². The third-order valence-electron chi connectivity index (χ3n) is 2.06. The summed E-state index contributed by atoms with van der Waals surface area (Å²) in [6, 6.07) is 2.27. The molecule has 0 atom stereocenters. The van der Waals surface area contributed by atoms with Crippen LogP contribution in [-0.2, 0) is 6.54 Å². The van der Waals surface area contributed by atoms with Crippen molar-refractivity contribution < 1.29 is 4.74 Å². The van der Waals surface area contributed by atoms with Crippen molar-refractivity contribution in [2.75, 3.05) is 17.3 Å². The zero-order chi connectivity index (χ0) is 13.7. The Balaban J connectivity index is 2.08. The Morgan fingerprint density at radius 1 is 1.37 bits per heavy atom. The first-order valence-electron chi connectivity index (χ1n) is 5.53. The van der Waals surface area contributed by atoms with E-state index in [2.05, 4.69) is 41.6 Å². The zero-order valence-corrected chi connectivity index (χ0v) is 12.6. The van der Waals surface area contributed by atoms with Gasteiger partial charge in [0.25, 0.3) is 0 Å². The van der Waals surface area contributed by atoms with Gasteiger partial charge in [-0.25, -0.2) is 5.84 Å². The van der Waals surface area contributed by atoms with Crippen LogP contribution in [0.15, 0.2) is 15.9 Å². The van der Waals surface area contributed by atoms with Crippen LogP contribution in [0.3, 0.4) is 0 Å². The maximum Gasteiger partial charge on any atom is 0.323 e. The minimum absolute atomic E-state index is 0.236. The molecule has 0 aliphatic heterocycles. The van der Waals surface area contributed by atoms with Gasteiger partial charge in [-0.3, -0.25) is 5.43 Å². The van der Waals surface area contributed by atoms with Gasteiger partial charge in [0.15, 0.2) is 0 Å². The number of aromatic nitrogens is 3. The fourth-order valence-corrected chi connectivity index (χ4v) is 2.70. The number of nitrogens with zero attached hydrogens (tertiary/aromatic N) is 3. The molecule has 0 bridgehead atoms. The molecule has 0 amide bonds. The molecule has 0 saturated carbocycles. The molecule has 0 aromatic carbocycles. The van der Waals surface area contributed by atoms with Crippen LogP contribution >= 0.6 is 27.3 Å². The van der Waals surface area contributed by atoms with Crippen LogP contribution in [0.5, 0.6) is 6.01 Å². The van der Waals surface area contributed by atoms with Crippen LogP contribution in [-0.4, -0.2) is 21.6 Å².